The molecule has 0 spiro atoms. The fraction of sp³-hybridized carbons (Fsp3) is 0.231. The van der Waals surface area contributed by atoms with E-state index in [0.29, 0.717) is 27.2 Å². The number of hydrogen-bond acceptors (Lipinski definition) is 5. The zero-order valence-electron chi connectivity index (χ0n) is 11.0. The minimum Gasteiger partial charge on any atom is -0.495 e. The summed E-state index contributed by atoms with van der Waals surface area (Å²) >= 11 is 7.27. The Morgan fingerprint density at radius 3 is 2.90 bits per heavy atom. The summed E-state index contributed by atoms with van der Waals surface area (Å²) in [5.41, 5.74) is 6.55. The Kier molecular flexibility index (Phi) is 4.59. The number of nitrogens with one attached hydrogen (secondary N) is 1. The number of nitrogens with two attached hydrogens (primary N) is 1. The number of aromatic nitrogens is 1. The van der Waals surface area contributed by atoms with Crippen LogP contribution >= 0.6 is 22.9 Å². The summed E-state index contributed by atoms with van der Waals surface area (Å²) in [6.07, 6.45) is 0. The van der Waals surface area contributed by atoms with Gasteiger partial charge in [-0.2, -0.15) is 0 Å². The molecule has 0 fully saturated rings. The van der Waals surface area contributed by atoms with Gasteiger partial charge in [0.2, 0.25) is 0 Å². The average molecular weight is 312 g/mol. The summed E-state index contributed by atoms with van der Waals surface area (Å²) in [6.45, 7) is 1.82. The van der Waals surface area contributed by atoms with Crippen LogP contribution in [0, 0.1) is 0 Å². The lowest BCUT2D eigenvalue weighted by Crippen LogP contribution is -2.14. The van der Waals surface area contributed by atoms with E-state index in [1.807, 2.05) is 6.92 Å². The summed E-state index contributed by atoms with van der Waals surface area (Å²) in [7, 11) is 1.52. The molecule has 7 heteroatoms. The minimum atomic E-state index is -0.325. The van der Waals surface area contributed by atoms with Gasteiger partial charge in [0.1, 0.15) is 16.5 Å². The predicted octanol–water partition coefficient (Wildman–Crippen LogP) is 3.08. The van der Waals surface area contributed by atoms with Crippen molar-refractivity contribution in [3.05, 3.63) is 39.3 Å². The molecule has 1 aromatic heterocycles. The van der Waals surface area contributed by atoms with Gasteiger partial charge >= 0.3 is 0 Å². The molecular formula is C13H14ClN3O2S. The number of nitrogens with zero attached hydrogens (tertiary/aromatic N) is 1. The molecule has 1 atom stereocenters. The van der Waals surface area contributed by atoms with Crippen LogP contribution in [0.3, 0.4) is 0 Å². The number of carbonyl (C=O) groups is 1. The van der Waals surface area contributed by atoms with E-state index < -0.39 is 0 Å². The number of methoxy groups -OCH3 is 1. The molecule has 1 aromatic carbocycles. The monoisotopic (exact) mass is 311 g/mol. The van der Waals surface area contributed by atoms with Crippen molar-refractivity contribution in [1.29, 1.82) is 0 Å². The molecule has 1 unspecified atom stereocenters. The van der Waals surface area contributed by atoms with Crippen molar-refractivity contribution in [2.75, 3.05) is 12.4 Å². The van der Waals surface area contributed by atoms with E-state index in [4.69, 9.17) is 22.1 Å². The van der Waals surface area contributed by atoms with Crippen molar-refractivity contribution >= 4 is 34.5 Å². The van der Waals surface area contributed by atoms with Gasteiger partial charge in [0.05, 0.1) is 18.8 Å². The van der Waals surface area contributed by atoms with E-state index in [9.17, 15) is 4.79 Å². The Hall–Kier alpha value is -1.63. The van der Waals surface area contributed by atoms with Gasteiger partial charge in [-0.3, -0.25) is 4.79 Å². The standard InChI is InChI=1S/C13H14ClN3O2S/c1-7(15)13-17-10(6-20-13)12(18)16-9-5-8(14)3-4-11(9)19-2/h3-7H,15H2,1-2H3,(H,16,18). The van der Waals surface area contributed by atoms with Crippen molar-refractivity contribution in [3.63, 3.8) is 0 Å². The quantitative estimate of drug-likeness (QED) is 0.909. The number of ether oxygens (including phenoxy) is 1. The third-order valence-electron chi connectivity index (χ3n) is 2.55. The number of carbonyl (C=O) groups excluding carboxylic acids is 1. The molecule has 3 N–H and O–H groups in total. The Labute approximate surface area is 125 Å². The highest BCUT2D eigenvalue weighted by Gasteiger charge is 2.15. The molecule has 0 bridgehead atoms. The van der Waals surface area contributed by atoms with Crippen molar-refractivity contribution < 1.29 is 9.53 Å². The van der Waals surface area contributed by atoms with Gasteiger partial charge in [-0.25, -0.2) is 4.98 Å². The molecular weight excluding hydrogens is 298 g/mol. The maximum atomic E-state index is 12.1. The first-order chi connectivity index (χ1) is 9.51. The number of benzene rings is 1. The molecule has 20 heavy (non-hydrogen) atoms. The van der Waals surface area contributed by atoms with Gasteiger partial charge in [-0.05, 0) is 25.1 Å². The highest BCUT2D eigenvalue weighted by Crippen LogP contribution is 2.28. The fourth-order valence-electron chi connectivity index (χ4n) is 1.57. The Balaban J connectivity index is 2.20. The molecule has 2 rings (SSSR count). The predicted molar refractivity (Wildman–Crippen MR) is 80.7 cm³/mol. The lowest BCUT2D eigenvalue weighted by molar-refractivity contribution is 0.102. The van der Waals surface area contributed by atoms with E-state index in [-0.39, 0.29) is 11.9 Å². The van der Waals surface area contributed by atoms with Crippen LogP contribution in [0.1, 0.15) is 28.5 Å². The molecule has 0 aliphatic rings. The van der Waals surface area contributed by atoms with Crippen LogP contribution in [0.25, 0.3) is 0 Å². The van der Waals surface area contributed by atoms with Crippen LogP contribution in [0.4, 0.5) is 5.69 Å². The molecule has 0 saturated heterocycles. The lowest BCUT2D eigenvalue weighted by Gasteiger charge is -2.09. The molecule has 1 amide bonds. The second kappa shape index (κ2) is 6.21. The number of thiazole rings is 1. The zero-order chi connectivity index (χ0) is 14.7. The van der Waals surface area contributed by atoms with E-state index in [0.717, 1.165) is 0 Å². The minimum absolute atomic E-state index is 0.192. The van der Waals surface area contributed by atoms with Crippen LogP contribution < -0.4 is 15.8 Å². The largest absolute Gasteiger partial charge is 0.495 e. The highest BCUT2D eigenvalue weighted by atomic mass is 35.5. The number of amides is 1. The lowest BCUT2D eigenvalue weighted by atomic mass is 10.3. The van der Waals surface area contributed by atoms with Crippen LogP contribution in [0.15, 0.2) is 23.6 Å². The third kappa shape index (κ3) is 3.27. The maximum Gasteiger partial charge on any atom is 0.275 e. The van der Waals surface area contributed by atoms with E-state index in [2.05, 4.69) is 10.3 Å². The first-order valence-electron chi connectivity index (χ1n) is 5.87. The second-order valence-electron chi connectivity index (χ2n) is 4.16. The molecule has 0 saturated carbocycles. The summed E-state index contributed by atoms with van der Waals surface area (Å²) in [4.78, 5) is 16.3. The Morgan fingerprint density at radius 1 is 1.55 bits per heavy atom. The van der Waals surface area contributed by atoms with E-state index >= 15 is 0 Å². The third-order valence-corrected chi connectivity index (χ3v) is 3.83. The fourth-order valence-corrected chi connectivity index (χ4v) is 2.50. The summed E-state index contributed by atoms with van der Waals surface area (Å²) in [5, 5.41) is 5.62. The molecule has 106 valence electrons. The van der Waals surface area contributed by atoms with Crippen molar-refractivity contribution in [2.24, 2.45) is 5.73 Å². The van der Waals surface area contributed by atoms with Gasteiger partial charge in [0, 0.05) is 10.4 Å². The van der Waals surface area contributed by atoms with Gasteiger partial charge in [-0.15, -0.1) is 11.3 Å². The van der Waals surface area contributed by atoms with Crippen LogP contribution in [0.2, 0.25) is 5.02 Å². The molecule has 0 aliphatic heterocycles. The van der Waals surface area contributed by atoms with Gasteiger partial charge in [0.25, 0.3) is 5.91 Å². The first-order valence-corrected chi connectivity index (χ1v) is 7.13. The normalized spacial score (nSPS) is 12.0. The Bertz CT molecular complexity index is 628. The molecule has 2 aromatic rings. The summed E-state index contributed by atoms with van der Waals surface area (Å²) < 4.78 is 5.17. The molecule has 1 heterocycles. The van der Waals surface area contributed by atoms with Crippen molar-refractivity contribution in [1.82, 2.24) is 4.98 Å². The van der Waals surface area contributed by atoms with Crippen molar-refractivity contribution in [3.8, 4) is 5.75 Å². The van der Waals surface area contributed by atoms with Crippen LogP contribution in [-0.4, -0.2) is 18.0 Å². The van der Waals surface area contributed by atoms with Crippen molar-refractivity contribution in [2.45, 2.75) is 13.0 Å². The maximum absolute atomic E-state index is 12.1. The smallest absolute Gasteiger partial charge is 0.275 e. The van der Waals surface area contributed by atoms with Gasteiger partial charge in [0.15, 0.2) is 0 Å². The van der Waals surface area contributed by atoms with Gasteiger partial charge < -0.3 is 15.8 Å². The highest BCUT2D eigenvalue weighted by molar-refractivity contribution is 7.09. The van der Waals surface area contributed by atoms with Crippen LogP contribution in [0.5, 0.6) is 5.75 Å². The topological polar surface area (TPSA) is 77.2 Å². The molecule has 0 aliphatic carbocycles. The number of rotatable bonds is 4. The molecule has 0 radical (unpaired) electrons. The number of hydrogen-bond donors (Lipinski definition) is 2. The van der Waals surface area contributed by atoms with Crippen LogP contribution in [-0.2, 0) is 0 Å². The van der Waals surface area contributed by atoms with E-state index in [1.165, 1.54) is 18.4 Å². The second-order valence-corrected chi connectivity index (χ2v) is 5.48. The SMILES string of the molecule is COc1ccc(Cl)cc1NC(=O)c1csc(C(C)N)n1. The average Bonchev–Trinajstić information content (AvgIpc) is 2.89. The van der Waals surface area contributed by atoms with E-state index in [1.54, 1.807) is 23.6 Å². The number of anilines is 1. The number of halogens is 1. The summed E-state index contributed by atoms with van der Waals surface area (Å²) in [5.74, 6) is 0.208. The molecule has 5 nitrogen and oxygen atoms in total. The Morgan fingerprint density at radius 2 is 2.30 bits per heavy atom. The zero-order valence-corrected chi connectivity index (χ0v) is 12.6. The first kappa shape index (κ1) is 14.8. The van der Waals surface area contributed by atoms with Gasteiger partial charge in [-0.1, -0.05) is 11.6 Å². The summed E-state index contributed by atoms with van der Waals surface area (Å²) in [6, 6.07) is 4.80.